The van der Waals surface area contributed by atoms with Crippen molar-refractivity contribution in [2.75, 3.05) is 0 Å². The number of halogens is 3. The Kier molecular flexibility index (Phi) is 14.5. The van der Waals surface area contributed by atoms with E-state index in [0.29, 0.717) is 56.9 Å². The first-order valence-corrected chi connectivity index (χ1v) is 16.3. The number of alkyl halides is 2. The maximum atomic E-state index is 15.2. The molecule has 0 radical (unpaired) electrons. The van der Waals surface area contributed by atoms with Crippen molar-refractivity contribution >= 4 is 11.9 Å². The first-order chi connectivity index (χ1) is 19.8. The van der Waals surface area contributed by atoms with Crippen molar-refractivity contribution in [3.05, 3.63) is 35.1 Å². The predicted molar refractivity (Wildman–Crippen MR) is 156 cm³/mol. The molecule has 0 aliphatic heterocycles. The summed E-state index contributed by atoms with van der Waals surface area (Å²) in [6.45, 7) is 4.18. The van der Waals surface area contributed by atoms with Gasteiger partial charge in [0.1, 0.15) is 18.0 Å². The van der Waals surface area contributed by atoms with Crippen LogP contribution in [0.3, 0.4) is 0 Å². The molecule has 2 aliphatic carbocycles. The van der Waals surface area contributed by atoms with Crippen LogP contribution in [0.4, 0.5) is 13.2 Å². The van der Waals surface area contributed by atoms with E-state index in [-0.39, 0.29) is 42.7 Å². The third-order valence-electron chi connectivity index (χ3n) is 8.98. The van der Waals surface area contributed by atoms with E-state index in [4.69, 9.17) is 9.47 Å². The lowest BCUT2D eigenvalue weighted by Crippen LogP contribution is -2.29. The molecule has 7 heteroatoms. The van der Waals surface area contributed by atoms with E-state index in [1.165, 1.54) is 0 Å². The molecule has 2 fully saturated rings. The Bertz CT molecular complexity index is 923. The van der Waals surface area contributed by atoms with Crippen molar-refractivity contribution in [1.29, 1.82) is 0 Å². The molecule has 2 atom stereocenters. The van der Waals surface area contributed by atoms with Crippen LogP contribution in [0.5, 0.6) is 0 Å². The second kappa shape index (κ2) is 17.8. The summed E-state index contributed by atoms with van der Waals surface area (Å²) < 4.78 is 54.5. The second-order valence-corrected chi connectivity index (χ2v) is 12.2. The molecule has 2 saturated carbocycles. The van der Waals surface area contributed by atoms with E-state index in [1.807, 2.05) is 12.1 Å². The van der Waals surface area contributed by atoms with Crippen molar-refractivity contribution in [3.8, 4) is 0 Å². The number of carbonyl (C=O) groups excluding carboxylic acids is 2. The van der Waals surface area contributed by atoms with Gasteiger partial charge in [0.25, 0.3) is 0 Å². The third-order valence-corrected chi connectivity index (χ3v) is 8.98. The summed E-state index contributed by atoms with van der Waals surface area (Å²) in [7, 11) is 0. The number of ether oxygens (including phenoxy) is 2. The van der Waals surface area contributed by atoms with Crippen LogP contribution < -0.4 is 0 Å². The Morgan fingerprint density at radius 1 is 0.707 bits per heavy atom. The highest BCUT2D eigenvalue weighted by Gasteiger charge is 2.31. The predicted octanol–water partition coefficient (Wildman–Crippen LogP) is 9.58. The monoisotopic (exact) mass is 580 g/mol. The van der Waals surface area contributed by atoms with Gasteiger partial charge in [-0.25, -0.2) is 22.8 Å². The number of hydrogen-bond acceptors (Lipinski definition) is 4. The summed E-state index contributed by atoms with van der Waals surface area (Å²) in [4.78, 5) is 24.3. The van der Waals surface area contributed by atoms with Gasteiger partial charge in [-0.3, -0.25) is 0 Å². The van der Waals surface area contributed by atoms with Gasteiger partial charge < -0.3 is 9.47 Å². The van der Waals surface area contributed by atoms with Gasteiger partial charge in [0.05, 0.1) is 0 Å². The molecule has 0 heterocycles. The lowest BCUT2D eigenvalue weighted by molar-refractivity contribution is -0.157. The molecular formula is C34H51F3O4. The van der Waals surface area contributed by atoms with Crippen molar-refractivity contribution in [2.45, 2.75) is 166 Å². The largest absolute Gasteiger partial charge is 0.460 e. The van der Waals surface area contributed by atoms with Gasteiger partial charge in [0.2, 0.25) is 0 Å². The van der Waals surface area contributed by atoms with Crippen LogP contribution in [0.2, 0.25) is 0 Å². The maximum Gasteiger partial charge on any atom is 0.340 e. The average Bonchev–Trinajstić information content (AvgIpc) is 2.98. The van der Waals surface area contributed by atoms with Gasteiger partial charge in [-0.05, 0) is 106 Å². The minimum absolute atomic E-state index is 0.0555. The number of unbranched alkanes of at least 4 members (excludes halogenated alkanes) is 6. The number of benzene rings is 1. The molecule has 41 heavy (non-hydrogen) atoms. The van der Waals surface area contributed by atoms with Crippen LogP contribution in [0.15, 0.2) is 18.2 Å². The Morgan fingerprint density at radius 3 is 1.61 bits per heavy atom. The van der Waals surface area contributed by atoms with Gasteiger partial charge in [-0.2, -0.15) is 0 Å². The summed E-state index contributed by atoms with van der Waals surface area (Å²) in [5.74, 6) is -1.46. The molecular weight excluding hydrogens is 529 g/mol. The number of esters is 2. The summed E-state index contributed by atoms with van der Waals surface area (Å²) >= 11 is 0. The molecule has 0 spiro atoms. The van der Waals surface area contributed by atoms with Gasteiger partial charge in [-0.1, -0.05) is 64.5 Å². The summed E-state index contributed by atoms with van der Waals surface area (Å²) in [6, 6.07) is 5.52. The molecule has 0 saturated heterocycles. The molecule has 232 valence electrons. The van der Waals surface area contributed by atoms with Crippen LogP contribution >= 0.6 is 0 Å². The van der Waals surface area contributed by atoms with E-state index < -0.39 is 24.3 Å². The first kappa shape index (κ1) is 33.5. The van der Waals surface area contributed by atoms with Crippen molar-refractivity contribution in [2.24, 2.45) is 0 Å². The second-order valence-electron chi connectivity index (χ2n) is 12.2. The number of rotatable bonds is 16. The van der Waals surface area contributed by atoms with Gasteiger partial charge in [0, 0.05) is 0 Å². The highest BCUT2D eigenvalue weighted by molar-refractivity contribution is 5.75. The first-order valence-electron chi connectivity index (χ1n) is 16.3. The van der Waals surface area contributed by atoms with Gasteiger partial charge in [0.15, 0.2) is 12.3 Å². The quantitative estimate of drug-likeness (QED) is 0.144. The molecule has 0 N–H and O–H groups in total. The van der Waals surface area contributed by atoms with E-state index in [1.54, 1.807) is 6.07 Å². The molecule has 2 aliphatic rings. The lowest BCUT2D eigenvalue weighted by atomic mass is 9.79. The minimum atomic E-state index is -1.56. The van der Waals surface area contributed by atoms with E-state index in [9.17, 15) is 18.4 Å². The average molecular weight is 581 g/mol. The molecule has 4 nitrogen and oxygen atoms in total. The van der Waals surface area contributed by atoms with Gasteiger partial charge >= 0.3 is 11.9 Å². The molecule has 1 aromatic rings. The fraction of sp³-hybridized carbons (Fsp3) is 0.765. The Labute approximate surface area is 245 Å². The Hall–Kier alpha value is -2.05. The minimum Gasteiger partial charge on any atom is -0.460 e. The zero-order valence-corrected chi connectivity index (χ0v) is 25.2. The molecule has 0 aromatic heterocycles. The standard InChI is InChI=1S/C34H51F3O4/c1-3-5-7-9-11-30(35)33(38)40-27-18-13-24(14-19-27)26-17-22-29(32(37)23-26)25-15-20-28(21-16-25)41-34(39)31(36)12-10-8-6-4-2/h17,22-25,27-28,30-31H,3-16,18-21H2,1-2H3/t24?,25?,27?,28?,30-,31-/m0/s1. The van der Waals surface area contributed by atoms with E-state index >= 15 is 4.39 Å². The molecule has 0 amide bonds. The topological polar surface area (TPSA) is 52.6 Å². The van der Waals surface area contributed by atoms with Gasteiger partial charge in [-0.15, -0.1) is 0 Å². The molecule has 0 bridgehead atoms. The van der Waals surface area contributed by atoms with E-state index in [2.05, 4.69) is 13.8 Å². The Balaban J connectivity index is 1.39. The number of carbonyl (C=O) groups is 2. The number of hydrogen-bond donors (Lipinski definition) is 0. The van der Waals surface area contributed by atoms with Crippen LogP contribution in [-0.2, 0) is 19.1 Å². The normalized spacial score (nSPS) is 24.4. The summed E-state index contributed by atoms with van der Waals surface area (Å²) in [6.07, 6.45) is 9.74. The Morgan fingerprint density at radius 2 is 1.17 bits per heavy atom. The molecule has 0 unspecified atom stereocenters. The zero-order valence-electron chi connectivity index (χ0n) is 25.2. The summed E-state index contributed by atoms with van der Waals surface area (Å²) in [5.41, 5.74) is 1.64. The lowest BCUT2D eigenvalue weighted by Gasteiger charge is -2.31. The van der Waals surface area contributed by atoms with Crippen molar-refractivity contribution in [1.82, 2.24) is 0 Å². The highest BCUT2D eigenvalue weighted by atomic mass is 19.1. The molecule has 1 aromatic carbocycles. The smallest absolute Gasteiger partial charge is 0.340 e. The summed E-state index contributed by atoms with van der Waals surface area (Å²) in [5, 5.41) is 0. The SMILES string of the molecule is CCCCCC[C@H](F)C(=O)OC1CCC(c2ccc(C3CCC(OC(=O)[C@@H](F)CCCCCC)CC3)c(F)c2)CC1. The van der Waals surface area contributed by atoms with Crippen LogP contribution in [0.25, 0.3) is 0 Å². The van der Waals surface area contributed by atoms with Crippen LogP contribution in [0, 0.1) is 5.82 Å². The fourth-order valence-corrected chi connectivity index (χ4v) is 6.35. The van der Waals surface area contributed by atoms with Crippen molar-refractivity contribution in [3.63, 3.8) is 0 Å². The molecule has 3 rings (SSSR count). The van der Waals surface area contributed by atoms with Crippen LogP contribution in [0.1, 0.15) is 152 Å². The maximum absolute atomic E-state index is 15.2. The highest BCUT2D eigenvalue weighted by Crippen LogP contribution is 2.39. The van der Waals surface area contributed by atoms with E-state index in [0.717, 1.165) is 56.9 Å². The zero-order chi connectivity index (χ0) is 29.6. The van der Waals surface area contributed by atoms with Crippen LogP contribution in [-0.4, -0.2) is 36.5 Å². The van der Waals surface area contributed by atoms with Crippen molar-refractivity contribution < 1.29 is 32.2 Å². The fourth-order valence-electron chi connectivity index (χ4n) is 6.35. The third kappa shape index (κ3) is 10.9.